The number of alkyl halides is 11. The zero-order valence-corrected chi connectivity index (χ0v) is 10.4. The van der Waals surface area contributed by atoms with Gasteiger partial charge < -0.3 is 5.11 Å². The van der Waals surface area contributed by atoms with Gasteiger partial charge >= 0.3 is 0 Å². The Balaban J connectivity index is 4.86. The van der Waals surface area contributed by atoms with Gasteiger partial charge in [0.25, 0.3) is 6.43 Å². The van der Waals surface area contributed by atoms with Gasteiger partial charge in [-0.25, -0.2) is 48.3 Å². The lowest BCUT2D eigenvalue weighted by molar-refractivity contribution is -0.0988. The van der Waals surface area contributed by atoms with Gasteiger partial charge in [-0.15, -0.1) is 0 Å². The van der Waals surface area contributed by atoms with Gasteiger partial charge in [-0.1, -0.05) is 0 Å². The standard InChI is InChI=1S/C10H11F11O/c11-1(3(13)5(15)7(17)9(19)20)2(12)4(14)6(16)8(18)10(21)22/h1-10,22H. The van der Waals surface area contributed by atoms with E-state index in [9.17, 15) is 48.3 Å². The van der Waals surface area contributed by atoms with Gasteiger partial charge in [0, 0.05) is 0 Å². The molecule has 0 spiro atoms. The Labute approximate surface area is 117 Å². The average molecular weight is 356 g/mol. The Kier molecular flexibility index (Phi) is 8.40. The Bertz CT molecular complexity index is 287. The van der Waals surface area contributed by atoms with Crippen molar-refractivity contribution in [1.82, 2.24) is 0 Å². The fraction of sp³-hybridized carbons (Fsp3) is 1.00. The summed E-state index contributed by atoms with van der Waals surface area (Å²) in [6.07, 6.45) is -38.7. The summed E-state index contributed by atoms with van der Waals surface area (Å²) < 4.78 is 138. The second kappa shape index (κ2) is 8.73. The van der Waals surface area contributed by atoms with Crippen molar-refractivity contribution in [3.05, 3.63) is 0 Å². The molecule has 0 radical (unpaired) electrons. The van der Waals surface area contributed by atoms with E-state index in [2.05, 4.69) is 0 Å². The summed E-state index contributed by atoms with van der Waals surface area (Å²) in [6, 6.07) is 0. The van der Waals surface area contributed by atoms with Gasteiger partial charge in [0.15, 0.2) is 49.4 Å². The van der Waals surface area contributed by atoms with Gasteiger partial charge in [0.1, 0.15) is 0 Å². The molecule has 0 heterocycles. The molecule has 1 nitrogen and oxygen atoms in total. The monoisotopic (exact) mass is 356 g/mol. The summed E-state index contributed by atoms with van der Waals surface area (Å²) in [6.45, 7) is 0. The minimum absolute atomic E-state index is 3.61. The maximum Gasteiger partial charge on any atom is 0.272 e. The Morgan fingerprint density at radius 1 is 0.364 bits per heavy atom. The molecule has 22 heavy (non-hydrogen) atoms. The second-order valence-corrected chi connectivity index (χ2v) is 4.26. The first kappa shape index (κ1) is 21.2. The van der Waals surface area contributed by atoms with Crippen LogP contribution in [0.3, 0.4) is 0 Å². The van der Waals surface area contributed by atoms with Crippen LogP contribution >= 0.6 is 0 Å². The fourth-order valence-corrected chi connectivity index (χ4v) is 1.34. The predicted octanol–water partition coefficient (Wildman–Crippen LogP) is 3.24. The van der Waals surface area contributed by atoms with Gasteiger partial charge in [0.2, 0.25) is 6.36 Å². The van der Waals surface area contributed by atoms with E-state index in [0.29, 0.717) is 0 Å². The molecule has 0 amide bonds. The van der Waals surface area contributed by atoms with E-state index in [1.807, 2.05) is 0 Å². The van der Waals surface area contributed by atoms with Crippen molar-refractivity contribution in [1.29, 1.82) is 0 Å². The summed E-state index contributed by atoms with van der Waals surface area (Å²) in [7, 11) is 0. The molecular formula is C10H11F11O. The normalized spacial score (nSPS) is 25.0. The van der Waals surface area contributed by atoms with E-state index in [4.69, 9.17) is 5.11 Å². The molecule has 9 atom stereocenters. The number of aliphatic hydroxyl groups excluding tert-OH is 1. The van der Waals surface area contributed by atoms with Crippen molar-refractivity contribution in [2.45, 2.75) is 62.2 Å². The Morgan fingerprint density at radius 3 is 0.818 bits per heavy atom. The third-order valence-corrected chi connectivity index (χ3v) is 2.63. The van der Waals surface area contributed by atoms with Crippen LogP contribution in [0, 0.1) is 0 Å². The molecule has 0 rings (SSSR count). The Hall–Kier alpha value is -0.810. The molecule has 0 aromatic carbocycles. The van der Waals surface area contributed by atoms with Gasteiger partial charge in [-0.3, -0.25) is 0 Å². The number of hydrogen-bond acceptors (Lipinski definition) is 1. The van der Waals surface area contributed by atoms with Crippen LogP contribution < -0.4 is 0 Å². The van der Waals surface area contributed by atoms with Gasteiger partial charge in [-0.2, -0.15) is 0 Å². The van der Waals surface area contributed by atoms with Crippen molar-refractivity contribution in [2.24, 2.45) is 0 Å². The summed E-state index contributed by atoms with van der Waals surface area (Å²) in [5.74, 6) is 0. The van der Waals surface area contributed by atoms with Crippen LogP contribution in [-0.4, -0.2) is 67.3 Å². The lowest BCUT2D eigenvalue weighted by atomic mass is 9.98. The highest BCUT2D eigenvalue weighted by Gasteiger charge is 2.49. The van der Waals surface area contributed by atoms with E-state index >= 15 is 0 Å². The van der Waals surface area contributed by atoms with E-state index in [-0.39, 0.29) is 0 Å². The van der Waals surface area contributed by atoms with Crippen molar-refractivity contribution in [3.8, 4) is 0 Å². The topological polar surface area (TPSA) is 20.2 Å². The lowest BCUT2D eigenvalue weighted by Gasteiger charge is -2.26. The van der Waals surface area contributed by atoms with Crippen LogP contribution in [0.4, 0.5) is 48.3 Å². The van der Waals surface area contributed by atoms with Crippen LogP contribution in [0.1, 0.15) is 0 Å². The maximum atomic E-state index is 13.1. The van der Waals surface area contributed by atoms with E-state index in [1.165, 1.54) is 0 Å². The van der Waals surface area contributed by atoms with Crippen molar-refractivity contribution in [3.63, 3.8) is 0 Å². The molecule has 0 aliphatic rings. The SMILES string of the molecule is OC(F)C(F)C(F)C(F)C(F)C(F)C(F)C(F)C(F)C(F)F. The summed E-state index contributed by atoms with van der Waals surface area (Å²) >= 11 is 0. The molecule has 9 unspecified atom stereocenters. The summed E-state index contributed by atoms with van der Waals surface area (Å²) in [5.41, 5.74) is 0. The molecule has 0 aliphatic heterocycles. The van der Waals surface area contributed by atoms with E-state index in [0.717, 1.165) is 0 Å². The van der Waals surface area contributed by atoms with Crippen LogP contribution in [0.25, 0.3) is 0 Å². The predicted molar refractivity (Wildman–Crippen MR) is 52.3 cm³/mol. The molecule has 0 bridgehead atoms. The minimum Gasteiger partial charge on any atom is -0.362 e. The summed E-state index contributed by atoms with van der Waals surface area (Å²) in [4.78, 5) is 0. The molecule has 0 aliphatic carbocycles. The third kappa shape index (κ3) is 5.13. The number of aliphatic hydroxyl groups is 1. The summed E-state index contributed by atoms with van der Waals surface area (Å²) in [5, 5.41) is 7.96. The Morgan fingerprint density at radius 2 is 0.591 bits per heavy atom. The largest absolute Gasteiger partial charge is 0.362 e. The zero-order valence-electron chi connectivity index (χ0n) is 10.4. The van der Waals surface area contributed by atoms with Gasteiger partial charge in [0.05, 0.1) is 0 Å². The maximum absolute atomic E-state index is 13.1. The number of rotatable bonds is 9. The third-order valence-electron chi connectivity index (χ3n) is 2.63. The first-order chi connectivity index (χ1) is 9.93. The molecule has 134 valence electrons. The van der Waals surface area contributed by atoms with Crippen LogP contribution in [-0.2, 0) is 0 Å². The number of hydrogen-bond donors (Lipinski definition) is 1. The fourth-order valence-electron chi connectivity index (χ4n) is 1.34. The molecule has 0 aromatic heterocycles. The molecule has 0 saturated heterocycles. The first-order valence-electron chi connectivity index (χ1n) is 5.66. The van der Waals surface area contributed by atoms with Gasteiger partial charge in [-0.05, 0) is 0 Å². The van der Waals surface area contributed by atoms with Crippen molar-refractivity contribution in [2.75, 3.05) is 0 Å². The minimum atomic E-state index is -4.09. The highest BCUT2D eigenvalue weighted by Crippen LogP contribution is 2.29. The second-order valence-electron chi connectivity index (χ2n) is 4.26. The number of halogens is 11. The highest BCUT2D eigenvalue weighted by atomic mass is 19.3. The molecule has 0 aromatic rings. The van der Waals surface area contributed by atoms with Crippen molar-refractivity contribution >= 4 is 0 Å². The average Bonchev–Trinajstić information content (AvgIpc) is 2.48. The highest BCUT2D eigenvalue weighted by molar-refractivity contribution is 4.93. The lowest BCUT2D eigenvalue weighted by Crippen LogP contribution is -2.48. The molecular weight excluding hydrogens is 345 g/mol. The van der Waals surface area contributed by atoms with Crippen molar-refractivity contribution < 1.29 is 53.4 Å². The van der Waals surface area contributed by atoms with E-state index < -0.39 is 62.2 Å². The van der Waals surface area contributed by atoms with E-state index in [1.54, 1.807) is 0 Å². The molecule has 12 heteroatoms. The van der Waals surface area contributed by atoms with Crippen LogP contribution in [0.2, 0.25) is 0 Å². The quantitative estimate of drug-likeness (QED) is 0.629. The molecule has 1 N–H and O–H groups in total. The zero-order chi connectivity index (χ0) is 17.8. The van der Waals surface area contributed by atoms with Crippen LogP contribution in [0.15, 0.2) is 0 Å². The smallest absolute Gasteiger partial charge is 0.272 e. The van der Waals surface area contributed by atoms with Crippen LogP contribution in [0.5, 0.6) is 0 Å². The molecule has 0 saturated carbocycles. The first-order valence-corrected chi connectivity index (χ1v) is 5.66. The molecule has 0 fully saturated rings.